The summed E-state index contributed by atoms with van der Waals surface area (Å²) in [6.45, 7) is 0. The molecule has 0 aliphatic carbocycles. The first-order chi connectivity index (χ1) is 8.40. The molecule has 0 spiro atoms. The highest BCUT2D eigenvalue weighted by Crippen LogP contribution is 2.06. The van der Waals surface area contributed by atoms with Crippen LogP contribution in [0.5, 0.6) is 0 Å². The van der Waals surface area contributed by atoms with E-state index in [2.05, 4.69) is 5.43 Å². The molecule has 18 heavy (non-hydrogen) atoms. The van der Waals surface area contributed by atoms with E-state index in [0.717, 1.165) is 0 Å². The van der Waals surface area contributed by atoms with Gasteiger partial charge in [0.05, 0.1) is 0 Å². The Labute approximate surface area is 111 Å². The van der Waals surface area contributed by atoms with Gasteiger partial charge in [0.15, 0.2) is 11.1 Å². The van der Waals surface area contributed by atoms with Crippen molar-refractivity contribution in [1.82, 2.24) is 10.4 Å². The van der Waals surface area contributed by atoms with Crippen molar-refractivity contribution >= 4 is 34.2 Å². The third-order valence-corrected chi connectivity index (χ3v) is 2.94. The molecule has 0 aliphatic rings. The Balaban J connectivity index is 2.67. The van der Waals surface area contributed by atoms with Gasteiger partial charge in [-0.3, -0.25) is 15.2 Å². The topological polar surface area (TPSA) is 69.6 Å². The number of rotatable bonds is 3. The molecule has 1 aromatic rings. The number of hydrazine groups is 1. The molecule has 1 amide bonds. The molecule has 0 radical (unpaired) electrons. The number of nitrogens with zero attached hydrogens (tertiary/aromatic N) is 1. The van der Waals surface area contributed by atoms with Crippen LogP contribution in [0, 0.1) is 5.82 Å². The second-order valence-corrected chi connectivity index (χ2v) is 4.69. The maximum Gasteiger partial charge on any atom is 0.253 e. The molecule has 0 fully saturated rings. The average Bonchev–Trinajstić information content (AvgIpc) is 2.26. The molecular weight excluding hydrogens is 279 g/mol. The lowest BCUT2D eigenvalue weighted by atomic mass is 10.2. The summed E-state index contributed by atoms with van der Waals surface area (Å²) in [5.41, 5.74) is 2.74. The summed E-state index contributed by atoms with van der Waals surface area (Å²) in [7, 11) is 1.46. The maximum atomic E-state index is 13.0. The molecular formula is C10H11FN2O3S2. The van der Waals surface area contributed by atoms with Crippen LogP contribution >= 0.6 is 12.2 Å². The number of carbonyl (C=O) groups is 1. The molecule has 2 N–H and O–H groups in total. The lowest BCUT2D eigenvalue weighted by molar-refractivity contribution is -0.121. The number of nitrogens with one attached hydrogen (secondary N) is 1. The number of carbonyl (C=O) groups excluding carboxylic acids is 1. The van der Waals surface area contributed by atoms with E-state index in [-0.39, 0.29) is 4.99 Å². The molecule has 0 saturated heterocycles. The molecule has 1 rings (SSSR count). The molecule has 0 heterocycles. The zero-order valence-electron chi connectivity index (χ0n) is 9.42. The Morgan fingerprint density at radius 2 is 2.28 bits per heavy atom. The van der Waals surface area contributed by atoms with Crippen molar-refractivity contribution in [2.75, 3.05) is 12.8 Å². The van der Waals surface area contributed by atoms with Gasteiger partial charge in [-0.25, -0.2) is 8.60 Å². The van der Waals surface area contributed by atoms with Crippen molar-refractivity contribution in [3.8, 4) is 0 Å². The Kier molecular flexibility index (Phi) is 5.32. The first-order valence-electron chi connectivity index (χ1n) is 4.80. The van der Waals surface area contributed by atoms with E-state index in [1.165, 1.54) is 30.3 Å². The van der Waals surface area contributed by atoms with Crippen molar-refractivity contribution in [3.63, 3.8) is 0 Å². The van der Waals surface area contributed by atoms with E-state index in [9.17, 15) is 13.4 Å². The van der Waals surface area contributed by atoms with Crippen molar-refractivity contribution in [2.45, 2.75) is 0 Å². The third kappa shape index (κ3) is 4.47. The van der Waals surface area contributed by atoms with E-state index < -0.39 is 28.6 Å². The molecule has 0 bridgehead atoms. The van der Waals surface area contributed by atoms with Crippen molar-refractivity contribution in [2.24, 2.45) is 0 Å². The van der Waals surface area contributed by atoms with Crippen molar-refractivity contribution < 1.29 is 17.9 Å². The number of amides is 1. The molecule has 8 heteroatoms. The van der Waals surface area contributed by atoms with Crippen LogP contribution in [0.15, 0.2) is 24.3 Å². The van der Waals surface area contributed by atoms with Gasteiger partial charge in [0, 0.05) is 12.6 Å². The van der Waals surface area contributed by atoms with E-state index in [0.29, 0.717) is 5.56 Å². The monoisotopic (exact) mass is 290 g/mol. The summed E-state index contributed by atoms with van der Waals surface area (Å²) in [6.07, 6.45) is 0. The SMILES string of the molecule is CN(NC(=O)CS(=O)O)C(=S)c1cccc(F)c1. The largest absolute Gasteiger partial charge is 0.306 e. The van der Waals surface area contributed by atoms with Crippen LogP contribution < -0.4 is 5.43 Å². The summed E-state index contributed by atoms with van der Waals surface area (Å²) < 4.78 is 31.9. The second kappa shape index (κ2) is 6.53. The fraction of sp³-hybridized carbons (Fsp3) is 0.200. The van der Waals surface area contributed by atoms with E-state index in [1.807, 2.05) is 0 Å². The average molecular weight is 290 g/mol. The van der Waals surface area contributed by atoms with E-state index in [4.69, 9.17) is 16.8 Å². The Bertz CT molecular complexity index is 496. The van der Waals surface area contributed by atoms with Crippen LogP contribution in [0.25, 0.3) is 0 Å². The van der Waals surface area contributed by atoms with Crippen LogP contribution in [0.2, 0.25) is 0 Å². The van der Waals surface area contributed by atoms with Gasteiger partial charge in [-0.2, -0.15) is 0 Å². The number of halogens is 1. The highest BCUT2D eigenvalue weighted by molar-refractivity contribution is 7.80. The fourth-order valence-electron chi connectivity index (χ4n) is 1.20. The third-order valence-electron chi connectivity index (χ3n) is 1.92. The quantitative estimate of drug-likeness (QED) is 0.487. The van der Waals surface area contributed by atoms with Crippen molar-refractivity contribution in [3.05, 3.63) is 35.6 Å². The van der Waals surface area contributed by atoms with Gasteiger partial charge in [-0.05, 0) is 12.1 Å². The Morgan fingerprint density at radius 3 is 2.83 bits per heavy atom. The second-order valence-electron chi connectivity index (χ2n) is 3.38. The Morgan fingerprint density at radius 1 is 1.61 bits per heavy atom. The first kappa shape index (κ1) is 14.7. The molecule has 1 unspecified atom stereocenters. The van der Waals surface area contributed by atoms with E-state index >= 15 is 0 Å². The normalized spacial score (nSPS) is 11.7. The van der Waals surface area contributed by atoms with Gasteiger partial charge in [0.2, 0.25) is 0 Å². The summed E-state index contributed by atoms with van der Waals surface area (Å²) >= 11 is 2.83. The summed E-state index contributed by atoms with van der Waals surface area (Å²) in [5.74, 6) is -1.64. The number of benzene rings is 1. The zero-order chi connectivity index (χ0) is 13.7. The van der Waals surface area contributed by atoms with Gasteiger partial charge in [-0.15, -0.1) is 0 Å². The first-order valence-corrected chi connectivity index (χ1v) is 6.49. The lowest BCUT2D eigenvalue weighted by Gasteiger charge is -2.20. The van der Waals surface area contributed by atoms with Gasteiger partial charge < -0.3 is 4.55 Å². The molecule has 0 aromatic heterocycles. The predicted molar refractivity (Wildman–Crippen MR) is 69.6 cm³/mol. The minimum absolute atomic E-state index is 0.201. The van der Waals surface area contributed by atoms with Crippen LogP contribution in [0.4, 0.5) is 4.39 Å². The molecule has 1 aromatic carbocycles. The van der Waals surface area contributed by atoms with Crippen LogP contribution in [0.1, 0.15) is 5.56 Å². The Hall–Kier alpha value is -1.38. The van der Waals surface area contributed by atoms with Crippen LogP contribution in [0.3, 0.4) is 0 Å². The summed E-state index contributed by atoms with van der Waals surface area (Å²) in [5, 5.41) is 1.19. The van der Waals surface area contributed by atoms with Crippen LogP contribution in [-0.4, -0.2) is 37.5 Å². The lowest BCUT2D eigenvalue weighted by Crippen LogP contribution is -2.44. The molecule has 5 nitrogen and oxygen atoms in total. The minimum atomic E-state index is -2.22. The number of hydrogen-bond acceptors (Lipinski definition) is 3. The number of thiocarbonyl (C=S) groups is 1. The van der Waals surface area contributed by atoms with Gasteiger partial charge in [-0.1, -0.05) is 24.4 Å². The number of hydrogen-bond donors (Lipinski definition) is 2. The highest BCUT2D eigenvalue weighted by Gasteiger charge is 2.12. The van der Waals surface area contributed by atoms with Gasteiger partial charge in [0.25, 0.3) is 5.91 Å². The molecule has 0 aliphatic heterocycles. The van der Waals surface area contributed by atoms with Crippen molar-refractivity contribution in [1.29, 1.82) is 0 Å². The predicted octanol–water partition coefficient (Wildman–Crippen LogP) is 0.686. The van der Waals surface area contributed by atoms with Crippen LogP contribution in [-0.2, 0) is 15.9 Å². The summed E-state index contributed by atoms with van der Waals surface area (Å²) in [4.78, 5) is 11.4. The molecule has 98 valence electrons. The standard InChI is InChI=1S/C10H11FN2O3S2/c1-13(12-9(14)6-18(15)16)10(17)7-3-2-4-8(11)5-7/h2-5H,6H2,1H3,(H,12,14)(H,15,16). The smallest absolute Gasteiger partial charge is 0.253 e. The summed E-state index contributed by atoms with van der Waals surface area (Å²) in [6, 6.07) is 5.60. The zero-order valence-corrected chi connectivity index (χ0v) is 11.1. The van der Waals surface area contributed by atoms with Gasteiger partial charge in [0.1, 0.15) is 16.6 Å². The maximum absolute atomic E-state index is 13.0. The molecule has 0 saturated carbocycles. The molecule has 1 atom stereocenters. The fourth-order valence-corrected chi connectivity index (χ4v) is 1.66. The minimum Gasteiger partial charge on any atom is -0.306 e. The highest BCUT2D eigenvalue weighted by atomic mass is 32.2. The van der Waals surface area contributed by atoms with Gasteiger partial charge >= 0.3 is 0 Å². The van der Waals surface area contributed by atoms with E-state index in [1.54, 1.807) is 6.07 Å².